The summed E-state index contributed by atoms with van der Waals surface area (Å²) >= 11 is 1.35. The molecule has 2 aromatic rings. The Balaban J connectivity index is 1.87. The van der Waals surface area contributed by atoms with Gasteiger partial charge in [-0.25, -0.2) is 4.98 Å². The summed E-state index contributed by atoms with van der Waals surface area (Å²) in [5.41, 5.74) is 2.64. The lowest BCUT2D eigenvalue weighted by atomic mass is 10.2. The van der Waals surface area contributed by atoms with Gasteiger partial charge in [0, 0.05) is 18.4 Å². The summed E-state index contributed by atoms with van der Waals surface area (Å²) in [6.07, 6.45) is 3.37. The van der Waals surface area contributed by atoms with E-state index in [2.05, 4.69) is 15.0 Å². The lowest BCUT2D eigenvalue weighted by molar-refractivity contribution is -0.00476. The van der Waals surface area contributed by atoms with Crippen molar-refractivity contribution in [1.82, 2.24) is 19.9 Å². The van der Waals surface area contributed by atoms with Gasteiger partial charge >= 0.3 is 0 Å². The van der Waals surface area contributed by atoms with Crippen molar-refractivity contribution in [2.24, 2.45) is 0 Å². The molecule has 0 aliphatic carbocycles. The highest BCUT2D eigenvalue weighted by atomic mass is 32.1. The number of morpholine rings is 1. The maximum absolute atomic E-state index is 12.5. The van der Waals surface area contributed by atoms with Gasteiger partial charge in [-0.3, -0.25) is 9.78 Å². The molecule has 100 valence electrons. The standard InChI is InChI=1S/C12H14N4O2S/c1-8-4-14-11(15-8)9-6-18-3-2-16(9)12(17)10-5-13-7-19-10/h4-5,7,9H,2-3,6H2,1H3,(H,14,15)/t9-/m1/s1. The molecule has 1 N–H and O–H groups in total. The molecule has 1 saturated heterocycles. The fraction of sp³-hybridized carbons (Fsp3) is 0.417. The molecule has 19 heavy (non-hydrogen) atoms. The van der Waals surface area contributed by atoms with Crippen LogP contribution in [0.3, 0.4) is 0 Å². The van der Waals surface area contributed by atoms with Crippen molar-refractivity contribution in [3.8, 4) is 0 Å². The number of thiazole rings is 1. The van der Waals surface area contributed by atoms with Gasteiger partial charge in [0.15, 0.2) is 0 Å². The van der Waals surface area contributed by atoms with Crippen molar-refractivity contribution in [3.63, 3.8) is 0 Å². The van der Waals surface area contributed by atoms with E-state index in [1.807, 2.05) is 6.92 Å². The van der Waals surface area contributed by atoms with Crippen molar-refractivity contribution < 1.29 is 9.53 Å². The molecule has 0 saturated carbocycles. The number of carbonyl (C=O) groups excluding carboxylic acids is 1. The average Bonchev–Trinajstić information content (AvgIpc) is 3.09. The fourth-order valence-corrected chi connectivity index (χ4v) is 2.71. The van der Waals surface area contributed by atoms with Gasteiger partial charge in [0.1, 0.15) is 16.7 Å². The summed E-state index contributed by atoms with van der Waals surface area (Å²) in [4.78, 5) is 26.3. The molecule has 0 bridgehead atoms. The fourth-order valence-electron chi connectivity index (χ4n) is 2.14. The van der Waals surface area contributed by atoms with Gasteiger partial charge < -0.3 is 14.6 Å². The number of amides is 1. The third-order valence-electron chi connectivity index (χ3n) is 3.07. The van der Waals surface area contributed by atoms with Crippen LogP contribution in [0.25, 0.3) is 0 Å². The number of ether oxygens (including phenoxy) is 1. The van der Waals surface area contributed by atoms with Gasteiger partial charge in [0.2, 0.25) is 0 Å². The number of H-pyrrole nitrogens is 1. The Morgan fingerprint density at radius 3 is 3.16 bits per heavy atom. The second kappa shape index (κ2) is 5.10. The summed E-state index contributed by atoms with van der Waals surface area (Å²) in [5.74, 6) is 0.764. The van der Waals surface area contributed by atoms with E-state index in [0.29, 0.717) is 24.6 Å². The van der Waals surface area contributed by atoms with Crippen LogP contribution in [0.5, 0.6) is 0 Å². The van der Waals surface area contributed by atoms with E-state index >= 15 is 0 Å². The molecule has 3 heterocycles. The number of aryl methyl sites for hydroxylation is 1. The molecule has 3 rings (SSSR count). The molecule has 1 amide bonds. The molecule has 0 spiro atoms. The summed E-state index contributed by atoms with van der Waals surface area (Å²) < 4.78 is 5.48. The first-order valence-corrected chi connectivity index (χ1v) is 6.92. The number of aromatic nitrogens is 3. The van der Waals surface area contributed by atoms with Crippen molar-refractivity contribution in [3.05, 3.63) is 34.3 Å². The van der Waals surface area contributed by atoms with E-state index < -0.39 is 0 Å². The van der Waals surface area contributed by atoms with Crippen molar-refractivity contribution in [1.29, 1.82) is 0 Å². The maximum Gasteiger partial charge on any atom is 0.266 e. The number of nitrogens with zero attached hydrogens (tertiary/aromatic N) is 3. The highest BCUT2D eigenvalue weighted by Crippen LogP contribution is 2.24. The molecule has 1 atom stereocenters. The minimum Gasteiger partial charge on any atom is -0.377 e. The number of imidazole rings is 1. The summed E-state index contributed by atoms with van der Waals surface area (Å²) in [6, 6.07) is -0.156. The molecule has 6 nitrogen and oxygen atoms in total. The lowest BCUT2D eigenvalue weighted by Gasteiger charge is -2.34. The Bertz CT molecular complexity index is 566. The number of nitrogens with one attached hydrogen (secondary N) is 1. The zero-order chi connectivity index (χ0) is 13.2. The van der Waals surface area contributed by atoms with Gasteiger partial charge in [-0.15, -0.1) is 11.3 Å². The molecular weight excluding hydrogens is 264 g/mol. The first-order valence-electron chi connectivity index (χ1n) is 6.04. The Kier molecular flexibility index (Phi) is 3.31. The Morgan fingerprint density at radius 1 is 1.58 bits per heavy atom. The Labute approximate surface area is 114 Å². The zero-order valence-corrected chi connectivity index (χ0v) is 11.3. The number of rotatable bonds is 2. The minimum atomic E-state index is -0.156. The largest absolute Gasteiger partial charge is 0.377 e. The van der Waals surface area contributed by atoms with Crippen molar-refractivity contribution in [2.45, 2.75) is 13.0 Å². The normalized spacial score (nSPS) is 19.6. The summed E-state index contributed by atoms with van der Waals surface area (Å²) in [5, 5.41) is 0. The van der Waals surface area contributed by atoms with Crippen LogP contribution in [0.15, 0.2) is 17.9 Å². The Morgan fingerprint density at radius 2 is 2.47 bits per heavy atom. The van der Waals surface area contributed by atoms with E-state index in [1.54, 1.807) is 22.8 Å². The van der Waals surface area contributed by atoms with Crippen LogP contribution in [0.2, 0.25) is 0 Å². The molecule has 1 fully saturated rings. The number of hydrogen-bond donors (Lipinski definition) is 1. The average molecular weight is 278 g/mol. The van der Waals surface area contributed by atoms with Crippen molar-refractivity contribution >= 4 is 17.2 Å². The van der Waals surface area contributed by atoms with Crippen LogP contribution in [0.4, 0.5) is 0 Å². The SMILES string of the molecule is Cc1cnc([C@H]2COCCN2C(=O)c2cncs2)[nH]1. The van der Waals surface area contributed by atoms with Crippen LogP contribution in [0.1, 0.15) is 27.2 Å². The minimum absolute atomic E-state index is 0.00940. The van der Waals surface area contributed by atoms with Gasteiger partial charge in [-0.05, 0) is 6.92 Å². The van der Waals surface area contributed by atoms with Crippen LogP contribution in [0, 0.1) is 6.92 Å². The second-order valence-electron chi connectivity index (χ2n) is 4.41. The smallest absolute Gasteiger partial charge is 0.266 e. The first kappa shape index (κ1) is 12.3. The maximum atomic E-state index is 12.5. The third kappa shape index (κ3) is 2.39. The Hall–Kier alpha value is -1.73. The highest BCUT2D eigenvalue weighted by Gasteiger charge is 2.31. The van der Waals surface area contributed by atoms with E-state index in [9.17, 15) is 4.79 Å². The van der Waals surface area contributed by atoms with Gasteiger partial charge in [-0.2, -0.15) is 0 Å². The molecule has 7 heteroatoms. The number of aromatic amines is 1. The molecule has 1 aliphatic rings. The molecule has 0 aromatic carbocycles. The van der Waals surface area contributed by atoms with Crippen LogP contribution in [-0.4, -0.2) is 45.5 Å². The van der Waals surface area contributed by atoms with Crippen molar-refractivity contribution in [2.75, 3.05) is 19.8 Å². The molecule has 2 aromatic heterocycles. The first-order chi connectivity index (χ1) is 9.25. The molecule has 0 unspecified atom stereocenters. The molecular formula is C12H14N4O2S. The zero-order valence-electron chi connectivity index (χ0n) is 10.5. The second-order valence-corrected chi connectivity index (χ2v) is 5.29. The number of hydrogen-bond acceptors (Lipinski definition) is 5. The molecule has 0 radical (unpaired) electrons. The quantitative estimate of drug-likeness (QED) is 0.901. The van der Waals surface area contributed by atoms with Gasteiger partial charge in [0.05, 0.1) is 24.9 Å². The monoisotopic (exact) mass is 278 g/mol. The van der Waals surface area contributed by atoms with E-state index in [-0.39, 0.29) is 11.9 Å². The van der Waals surface area contributed by atoms with E-state index in [1.165, 1.54) is 11.3 Å². The van der Waals surface area contributed by atoms with Crippen LogP contribution >= 0.6 is 11.3 Å². The van der Waals surface area contributed by atoms with E-state index in [0.717, 1.165) is 11.5 Å². The van der Waals surface area contributed by atoms with Gasteiger partial charge in [0.25, 0.3) is 5.91 Å². The topological polar surface area (TPSA) is 71.1 Å². The van der Waals surface area contributed by atoms with Crippen LogP contribution in [-0.2, 0) is 4.74 Å². The predicted molar refractivity (Wildman–Crippen MR) is 70.0 cm³/mol. The summed E-state index contributed by atoms with van der Waals surface area (Å²) in [7, 11) is 0. The summed E-state index contributed by atoms with van der Waals surface area (Å²) in [6.45, 7) is 3.54. The van der Waals surface area contributed by atoms with Crippen LogP contribution < -0.4 is 0 Å². The molecule has 1 aliphatic heterocycles. The predicted octanol–water partition coefficient (Wildman–Crippen LogP) is 1.39. The van der Waals surface area contributed by atoms with Gasteiger partial charge in [-0.1, -0.05) is 0 Å². The highest BCUT2D eigenvalue weighted by molar-refractivity contribution is 7.11. The number of carbonyl (C=O) groups is 1. The lowest BCUT2D eigenvalue weighted by Crippen LogP contribution is -2.43. The third-order valence-corrected chi connectivity index (χ3v) is 3.83. The van der Waals surface area contributed by atoms with E-state index in [4.69, 9.17) is 4.74 Å².